The molecule has 2 aromatic rings. The highest BCUT2D eigenvalue weighted by Crippen LogP contribution is 2.17. The summed E-state index contributed by atoms with van der Waals surface area (Å²) in [6.07, 6.45) is -0.695. The zero-order valence-electron chi connectivity index (χ0n) is 7.25. The van der Waals surface area contributed by atoms with Crippen molar-refractivity contribution in [1.29, 1.82) is 0 Å². The van der Waals surface area contributed by atoms with Gasteiger partial charge in [-0.2, -0.15) is 0 Å². The molecule has 2 rings (SSSR count). The van der Waals surface area contributed by atoms with Crippen molar-refractivity contribution < 1.29 is 5.11 Å². The number of aliphatic hydroxyl groups excluding tert-OH is 1. The number of hydrogen-bond donors (Lipinski definition) is 3. The maximum absolute atomic E-state index is 10.9. The van der Waals surface area contributed by atoms with Gasteiger partial charge >= 0.3 is 5.69 Å². The van der Waals surface area contributed by atoms with Crippen LogP contribution in [0.25, 0.3) is 11.0 Å². The summed E-state index contributed by atoms with van der Waals surface area (Å²) < 4.78 is 0. The number of alkyl halides is 1. The van der Waals surface area contributed by atoms with E-state index in [1.165, 1.54) is 0 Å². The highest BCUT2D eigenvalue weighted by Gasteiger charge is 2.07. The summed E-state index contributed by atoms with van der Waals surface area (Å²) in [5, 5.41) is 9.46. The highest BCUT2D eigenvalue weighted by molar-refractivity contribution is 6.18. The molecule has 0 bridgehead atoms. The van der Waals surface area contributed by atoms with Crippen molar-refractivity contribution >= 4 is 22.6 Å². The number of halogens is 1. The van der Waals surface area contributed by atoms with E-state index in [1.807, 2.05) is 0 Å². The molecular formula is C9H9ClN2O2. The molecule has 14 heavy (non-hydrogen) atoms. The molecule has 0 radical (unpaired) electrons. The number of fused-ring (bicyclic) bond motifs is 1. The lowest BCUT2D eigenvalue weighted by Gasteiger charge is -2.05. The third-order valence-electron chi connectivity index (χ3n) is 2.07. The Morgan fingerprint density at radius 3 is 2.79 bits per heavy atom. The Hall–Kier alpha value is -1.26. The second kappa shape index (κ2) is 3.48. The van der Waals surface area contributed by atoms with Gasteiger partial charge in [-0.3, -0.25) is 0 Å². The van der Waals surface area contributed by atoms with Crippen molar-refractivity contribution in [3.8, 4) is 0 Å². The molecule has 1 unspecified atom stereocenters. The van der Waals surface area contributed by atoms with E-state index in [0.29, 0.717) is 11.1 Å². The molecule has 0 amide bonds. The van der Waals surface area contributed by atoms with Gasteiger partial charge in [0.15, 0.2) is 0 Å². The van der Waals surface area contributed by atoms with Gasteiger partial charge in [0.2, 0.25) is 0 Å². The van der Waals surface area contributed by atoms with Gasteiger partial charge in [-0.15, -0.1) is 11.6 Å². The molecule has 0 aliphatic rings. The Labute approximate surface area is 84.5 Å². The first kappa shape index (κ1) is 9.30. The average Bonchev–Trinajstić information content (AvgIpc) is 2.55. The first-order chi connectivity index (χ1) is 6.70. The second-order valence-corrected chi connectivity index (χ2v) is 3.36. The van der Waals surface area contributed by atoms with Crippen LogP contribution in [-0.2, 0) is 0 Å². The van der Waals surface area contributed by atoms with Crippen molar-refractivity contribution in [2.45, 2.75) is 6.10 Å². The minimum Gasteiger partial charge on any atom is -0.387 e. The van der Waals surface area contributed by atoms with Gasteiger partial charge in [-0.05, 0) is 17.7 Å². The molecule has 0 saturated heterocycles. The summed E-state index contributed by atoms with van der Waals surface area (Å²) in [7, 11) is 0. The highest BCUT2D eigenvalue weighted by atomic mass is 35.5. The summed E-state index contributed by atoms with van der Waals surface area (Å²) in [6.45, 7) is 0. The standard InChI is InChI=1S/C9H9ClN2O2/c10-4-8(13)5-1-2-6-7(3-5)12-9(14)11-6/h1-3,8,13H,4H2,(H2,11,12,14). The largest absolute Gasteiger partial charge is 0.387 e. The fourth-order valence-corrected chi connectivity index (χ4v) is 1.52. The molecule has 3 N–H and O–H groups in total. The number of benzene rings is 1. The van der Waals surface area contributed by atoms with Crippen LogP contribution in [-0.4, -0.2) is 21.0 Å². The summed E-state index contributed by atoms with van der Waals surface area (Å²) in [5.41, 5.74) is 1.84. The van der Waals surface area contributed by atoms with Crippen molar-refractivity contribution in [1.82, 2.24) is 9.97 Å². The third-order valence-corrected chi connectivity index (χ3v) is 2.36. The number of aliphatic hydroxyl groups is 1. The van der Waals surface area contributed by atoms with E-state index in [2.05, 4.69) is 9.97 Å². The Balaban J connectivity index is 2.55. The fraction of sp³-hybridized carbons (Fsp3) is 0.222. The molecule has 1 aromatic carbocycles. The van der Waals surface area contributed by atoms with Crippen molar-refractivity contribution in [3.63, 3.8) is 0 Å². The van der Waals surface area contributed by atoms with E-state index >= 15 is 0 Å². The normalized spacial score (nSPS) is 13.3. The number of rotatable bonds is 2. The minimum atomic E-state index is -0.695. The third kappa shape index (κ3) is 1.54. The van der Waals surface area contributed by atoms with E-state index in [9.17, 15) is 9.90 Å². The molecule has 74 valence electrons. The topological polar surface area (TPSA) is 68.9 Å². The number of nitrogens with one attached hydrogen (secondary N) is 2. The molecule has 1 heterocycles. The molecule has 0 aliphatic heterocycles. The first-order valence-electron chi connectivity index (χ1n) is 4.16. The molecule has 5 heteroatoms. The van der Waals surface area contributed by atoms with Crippen LogP contribution in [0.5, 0.6) is 0 Å². The molecule has 1 aromatic heterocycles. The Morgan fingerprint density at radius 1 is 1.36 bits per heavy atom. The van der Waals surface area contributed by atoms with E-state index in [4.69, 9.17) is 11.6 Å². The minimum absolute atomic E-state index is 0.139. The molecule has 0 aliphatic carbocycles. The average molecular weight is 213 g/mol. The zero-order valence-corrected chi connectivity index (χ0v) is 8.01. The van der Waals surface area contributed by atoms with Crippen LogP contribution in [0.4, 0.5) is 0 Å². The van der Waals surface area contributed by atoms with Gasteiger partial charge in [-0.1, -0.05) is 6.07 Å². The van der Waals surface area contributed by atoms with Crippen molar-refractivity contribution in [2.24, 2.45) is 0 Å². The van der Waals surface area contributed by atoms with Gasteiger partial charge < -0.3 is 15.1 Å². The molecule has 0 spiro atoms. The summed E-state index contributed by atoms with van der Waals surface area (Å²) in [4.78, 5) is 16.2. The van der Waals surface area contributed by atoms with E-state index in [1.54, 1.807) is 18.2 Å². The predicted octanol–water partition coefficient (Wildman–Crippen LogP) is 1.13. The predicted molar refractivity (Wildman–Crippen MR) is 54.6 cm³/mol. The fourth-order valence-electron chi connectivity index (χ4n) is 1.35. The van der Waals surface area contributed by atoms with Crippen LogP contribution in [0.15, 0.2) is 23.0 Å². The zero-order chi connectivity index (χ0) is 10.1. The smallest absolute Gasteiger partial charge is 0.323 e. The number of imidazole rings is 1. The molecule has 4 nitrogen and oxygen atoms in total. The van der Waals surface area contributed by atoms with Crippen molar-refractivity contribution in [3.05, 3.63) is 34.2 Å². The lowest BCUT2D eigenvalue weighted by molar-refractivity contribution is 0.203. The molecule has 0 saturated carbocycles. The Bertz CT molecular complexity index is 503. The van der Waals surface area contributed by atoms with Gasteiger partial charge in [0.25, 0.3) is 0 Å². The number of H-pyrrole nitrogens is 2. The van der Waals surface area contributed by atoms with Gasteiger partial charge in [0.05, 0.1) is 23.0 Å². The first-order valence-corrected chi connectivity index (χ1v) is 4.70. The van der Waals surface area contributed by atoms with Crippen LogP contribution in [0.2, 0.25) is 0 Å². The van der Waals surface area contributed by atoms with Crippen LogP contribution >= 0.6 is 11.6 Å². The summed E-state index contributed by atoms with van der Waals surface area (Å²) >= 11 is 5.51. The quantitative estimate of drug-likeness (QED) is 0.654. The van der Waals surface area contributed by atoms with E-state index < -0.39 is 6.10 Å². The molecule has 0 fully saturated rings. The van der Waals surface area contributed by atoms with Gasteiger partial charge in [0, 0.05) is 0 Å². The number of aromatic amines is 2. The SMILES string of the molecule is O=c1[nH]c2ccc(C(O)CCl)cc2[nH]1. The van der Waals surface area contributed by atoms with Crippen LogP contribution in [0.3, 0.4) is 0 Å². The summed E-state index contributed by atoms with van der Waals surface area (Å²) in [6, 6.07) is 5.18. The summed E-state index contributed by atoms with van der Waals surface area (Å²) in [5.74, 6) is 0.139. The maximum atomic E-state index is 10.9. The van der Waals surface area contributed by atoms with E-state index in [0.717, 1.165) is 5.52 Å². The maximum Gasteiger partial charge on any atom is 0.323 e. The van der Waals surface area contributed by atoms with Gasteiger partial charge in [-0.25, -0.2) is 4.79 Å². The Kier molecular flexibility index (Phi) is 2.31. The lowest BCUT2D eigenvalue weighted by Crippen LogP contribution is -1.99. The van der Waals surface area contributed by atoms with Crippen LogP contribution in [0, 0.1) is 0 Å². The van der Waals surface area contributed by atoms with E-state index in [-0.39, 0.29) is 11.6 Å². The monoisotopic (exact) mass is 212 g/mol. The molecular weight excluding hydrogens is 204 g/mol. The van der Waals surface area contributed by atoms with Gasteiger partial charge in [0.1, 0.15) is 0 Å². The second-order valence-electron chi connectivity index (χ2n) is 3.05. The van der Waals surface area contributed by atoms with Crippen LogP contribution < -0.4 is 5.69 Å². The van der Waals surface area contributed by atoms with Crippen molar-refractivity contribution in [2.75, 3.05) is 5.88 Å². The van der Waals surface area contributed by atoms with Crippen LogP contribution in [0.1, 0.15) is 11.7 Å². The lowest BCUT2D eigenvalue weighted by atomic mass is 10.1. The Morgan fingerprint density at radius 2 is 2.07 bits per heavy atom. The molecule has 1 atom stereocenters. The number of hydrogen-bond acceptors (Lipinski definition) is 2. The number of aromatic nitrogens is 2.